The van der Waals surface area contributed by atoms with E-state index in [1.807, 2.05) is 25.3 Å². The highest BCUT2D eigenvalue weighted by molar-refractivity contribution is 5.85. The molecule has 0 amide bonds. The Balaban J connectivity index is 2.38. The summed E-state index contributed by atoms with van der Waals surface area (Å²) < 4.78 is 5.31. The average Bonchev–Trinajstić information content (AvgIpc) is 2.44. The maximum atomic E-state index is 5.68. The van der Waals surface area contributed by atoms with Gasteiger partial charge in [-0.3, -0.25) is 16.3 Å². The molecule has 0 fully saturated rings. The normalized spacial score (nSPS) is 14.6. The van der Waals surface area contributed by atoms with Crippen LogP contribution in [0, 0.1) is 0 Å². The number of nitrogens with one attached hydrogen (secondary N) is 1. The first-order valence-electron chi connectivity index (χ1n) is 6.07. The molecular weight excluding hydrogens is 226 g/mol. The summed E-state index contributed by atoms with van der Waals surface area (Å²) in [6, 6.07) is 8.27. The van der Waals surface area contributed by atoms with Crippen molar-refractivity contribution in [2.45, 2.75) is 25.5 Å². The van der Waals surface area contributed by atoms with E-state index in [-0.39, 0.29) is 12.1 Å². The summed E-state index contributed by atoms with van der Waals surface area (Å²) in [7, 11) is 1.71. The van der Waals surface area contributed by atoms with E-state index in [0.717, 1.165) is 11.8 Å². The lowest BCUT2D eigenvalue weighted by Gasteiger charge is -2.21. The van der Waals surface area contributed by atoms with Crippen LogP contribution < -0.4 is 11.3 Å². The van der Waals surface area contributed by atoms with Crippen LogP contribution in [0.5, 0.6) is 0 Å². The second kappa shape index (κ2) is 5.91. The molecule has 1 aromatic heterocycles. The fraction of sp³-hybridized carbons (Fsp3) is 0.357. The third kappa shape index (κ3) is 2.67. The van der Waals surface area contributed by atoms with E-state index in [0.29, 0.717) is 0 Å². The molecule has 1 heterocycles. The summed E-state index contributed by atoms with van der Waals surface area (Å²) >= 11 is 0. The molecule has 2 rings (SSSR count). The summed E-state index contributed by atoms with van der Waals surface area (Å²) in [6.07, 6.45) is 4.66. The van der Waals surface area contributed by atoms with Crippen LogP contribution in [0.2, 0.25) is 0 Å². The molecule has 0 aliphatic heterocycles. The van der Waals surface area contributed by atoms with Crippen LogP contribution in [0.25, 0.3) is 10.8 Å². The quantitative estimate of drug-likeness (QED) is 0.626. The van der Waals surface area contributed by atoms with Gasteiger partial charge in [-0.15, -0.1) is 0 Å². The molecule has 4 nitrogen and oxygen atoms in total. The van der Waals surface area contributed by atoms with Crippen molar-refractivity contribution in [2.75, 3.05) is 7.11 Å². The number of hydrazine groups is 1. The van der Waals surface area contributed by atoms with Crippen LogP contribution in [-0.4, -0.2) is 18.2 Å². The van der Waals surface area contributed by atoms with Gasteiger partial charge in [0.25, 0.3) is 0 Å². The second-order valence-electron chi connectivity index (χ2n) is 4.45. The lowest BCUT2D eigenvalue weighted by Crippen LogP contribution is -2.30. The van der Waals surface area contributed by atoms with Gasteiger partial charge in [-0.2, -0.15) is 0 Å². The van der Waals surface area contributed by atoms with Gasteiger partial charge in [0.05, 0.1) is 6.10 Å². The molecule has 0 spiro atoms. The van der Waals surface area contributed by atoms with Crippen molar-refractivity contribution in [3.63, 3.8) is 0 Å². The summed E-state index contributed by atoms with van der Waals surface area (Å²) in [5.41, 5.74) is 4.06. The SMILES string of the molecule is COC(C)CC(NN)c1cccc2cnccc12. The Morgan fingerprint density at radius 2 is 2.22 bits per heavy atom. The number of methoxy groups -OCH3 is 1. The monoisotopic (exact) mass is 245 g/mol. The van der Waals surface area contributed by atoms with Crippen molar-refractivity contribution >= 4 is 10.8 Å². The Morgan fingerprint density at radius 3 is 2.94 bits per heavy atom. The van der Waals surface area contributed by atoms with Gasteiger partial charge >= 0.3 is 0 Å². The molecule has 0 saturated heterocycles. The van der Waals surface area contributed by atoms with E-state index in [1.165, 1.54) is 10.9 Å². The van der Waals surface area contributed by atoms with Crippen LogP contribution in [0.1, 0.15) is 24.9 Å². The number of ether oxygens (including phenoxy) is 1. The van der Waals surface area contributed by atoms with Gasteiger partial charge in [-0.05, 0) is 30.4 Å². The minimum Gasteiger partial charge on any atom is -0.382 e. The Morgan fingerprint density at radius 1 is 1.39 bits per heavy atom. The van der Waals surface area contributed by atoms with Crippen molar-refractivity contribution in [1.82, 2.24) is 10.4 Å². The van der Waals surface area contributed by atoms with Gasteiger partial charge in [0, 0.05) is 30.9 Å². The van der Waals surface area contributed by atoms with E-state index in [2.05, 4.69) is 22.5 Å². The van der Waals surface area contributed by atoms with E-state index in [4.69, 9.17) is 10.6 Å². The summed E-state index contributed by atoms with van der Waals surface area (Å²) in [5, 5.41) is 2.30. The minimum absolute atomic E-state index is 0.0750. The molecule has 0 bridgehead atoms. The van der Waals surface area contributed by atoms with Crippen molar-refractivity contribution < 1.29 is 4.74 Å². The zero-order valence-corrected chi connectivity index (χ0v) is 10.8. The van der Waals surface area contributed by atoms with E-state index in [9.17, 15) is 0 Å². The van der Waals surface area contributed by atoms with Gasteiger partial charge in [0.1, 0.15) is 0 Å². The molecule has 0 saturated carbocycles. The highest BCUT2D eigenvalue weighted by atomic mass is 16.5. The fourth-order valence-electron chi connectivity index (χ4n) is 2.16. The lowest BCUT2D eigenvalue weighted by molar-refractivity contribution is 0.101. The molecule has 18 heavy (non-hydrogen) atoms. The van der Waals surface area contributed by atoms with Gasteiger partial charge < -0.3 is 4.74 Å². The molecular formula is C14H19N3O. The average molecular weight is 245 g/mol. The van der Waals surface area contributed by atoms with Gasteiger partial charge in [-0.25, -0.2) is 0 Å². The summed E-state index contributed by atoms with van der Waals surface area (Å²) in [4.78, 5) is 4.14. The highest BCUT2D eigenvalue weighted by Gasteiger charge is 2.15. The molecule has 2 atom stereocenters. The van der Waals surface area contributed by atoms with E-state index in [1.54, 1.807) is 13.3 Å². The van der Waals surface area contributed by atoms with Gasteiger partial charge in [-0.1, -0.05) is 18.2 Å². The Bertz CT molecular complexity index is 510. The molecule has 3 N–H and O–H groups in total. The lowest BCUT2D eigenvalue weighted by atomic mass is 9.96. The maximum Gasteiger partial charge on any atom is 0.0561 e. The summed E-state index contributed by atoms with van der Waals surface area (Å²) in [6.45, 7) is 2.04. The van der Waals surface area contributed by atoms with Crippen LogP contribution in [0.3, 0.4) is 0 Å². The third-order valence-electron chi connectivity index (χ3n) is 3.26. The predicted molar refractivity (Wildman–Crippen MR) is 72.9 cm³/mol. The number of hydrogen-bond acceptors (Lipinski definition) is 4. The zero-order valence-electron chi connectivity index (χ0n) is 10.8. The number of aromatic nitrogens is 1. The number of pyridine rings is 1. The predicted octanol–water partition coefficient (Wildman–Crippen LogP) is 2.16. The van der Waals surface area contributed by atoms with E-state index >= 15 is 0 Å². The van der Waals surface area contributed by atoms with Crippen molar-refractivity contribution in [3.05, 3.63) is 42.2 Å². The summed E-state index contributed by atoms with van der Waals surface area (Å²) in [5.74, 6) is 5.68. The van der Waals surface area contributed by atoms with Crippen LogP contribution in [0.4, 0.5) is 0 Å². The number of benzene rings is 1. The van der Waals surface area contributed by atoms with Gasteiger partial charge in [0.2, 0.25) is 0 Å². The zero-order chi connectivity index (χ0) is 13.0. The van der Waals surface area contributed by atoms with Crippen LogP contribution in [-0.2, 0) is 4.74 Å². The third-order valence-corrected chi connectivity index (χ3v) is 3.26. The number of nitrogens with two attached hydrogens (primary N) is 1. The Labute approximate surface area is 107 Å². The minimum atomic E-state index is 0.0750. The van der Waals surface area contributed by atoms with Crippen molar-refractivity contribution in [1.29, 1.82) is 0 Å². The first-order valence-corrected chi connectivity index (χ1v) is 6.07. The number of hydrogen-bond donors (Lipinski definition) is 2. The second-order valence-corrected chi connectivity index (χ2v) is 4.45. The molecule has 4 heteroatoms. The Kier molecular flexibility index (Phi) is 4.25. The first kappa shape index (κ1) is 13.0. The van der Waals surface area contributed by atoms with Crippen LogP contribution >= 0.6 is 0 Å². The fourth-order valence-corrected chi connectivity index (χ4v) is 2.16. The topological polar surface area (TPSA) is 60.2 Å². The smallest absolute Gasteiger partial charge is 0.0561 e. The van der Waals surface area contributed by atoms with Crippen molar-refractivity contribution in [2.24, 2.45) is 5.84 Å². The molecule has 0 aliphatic carbocycles. The largest absolute Gasteiger partial charge is 0.382 e. The number of nitrogens with zero attached hydrogens (tertiary/aromatic N) is 1. The Hall–Kier alpha value is -1.49. The number of fused-ring (bicyclic) bond motifs is 1. The molecule has 2 unspecified atom stereocenters. The standard InChI is InChI=1S/C14H19N3O/c1-10(18-2)8-14(17-15)13-5-3-4-11-9-16-7-6-12(11)13/h3-7,9-10,14,17H,8,15H2,1-2H3. The van der Waals surface area contributed by atoms with Gasteiger partial charge in [0.15, 0.2) is 0 Å². The number of rotatable bonds is 5. The van der Waals surface area contributed by atoms with Crippen LogP contribution in [0.15, 0.2) is 36.7 Å². The molecule has 0 aliphatic rings. The molecule has 96 valence electrons. The van der Waals surface area contributed by atoms with Crippen molar-refractivity contribution in [3.8, 4) is 0 Å². The molecule has 0 radical (unpaired) electrons. The van der Waals surface area contributed by atoms with E-state index < -0.39 is 0 Å². The molecule has 2 aromatic rings. The maximum absolute atomic E-state index is 5.68. The highest BCUT2D eigenvalue weighted by Crippen LogP contribution is 2.26. The molecule has 1 aromatic carbocycles. The first-order chi connectivity index (χ1) is 8.76.